The summed E-state index contributed by atoms with van der Waals surface area (Å²) in [5.41, 5.74) is 1.06. The topological polar surface area (TPSA) is 105 Å². The highest BCUT2D eigenvalue weighted by atomic mass is 32.2. The third-order valence-corrected chi connectivity index (χ3v) is 7.87. The molecule has 1 heterocycles. The fourth-order valence-electron chi connectivity index (χ4n) is 4.05. The number of ether oxygens (including phenoxy) is 2. The van der Waals surface area contributed by atoms with E-state index in [4.69, 9.17) is 4.74 Å². The molecule has 208 valence electrons. The number of hydrogen-bond acceptors (Lipinski definition) is 7. The second-order valence-electron chi connectivity index (χ2n) is 10.4. The van der Waals surface area contributed by atoms with Crippen LogP contribution in [0.5, 0.6) is 0 Å². The predicted octanol–water partition coefficient (Wildman–Crippen LogP) is 4.04. The molecule has 1 saturated heterocycles. The Morgan fingerprint density at radius 1 is 1.08 bits per heavy atom. The van der Waals surface area contributed by atoms with Gasteiger partial charge < -0.3 is 14.4 Å². The van der Waals surface area contributed by atoms with Gasteiger partial charge in [-0.3, -0.25) is 9.62 Å². The van der Waals surface area contributed by atoms with Crippen LogP contribution in [0.25, 0.3) is 0 Å². The van der Waals surface area contributed by atoms with E-state index in [2.05, 4.69) is 14.4 Å². The molecule has 0 bridgehead atoms. The van der Waals surface area contributed by atoms with E-state index in [9.17, 15) is 22.4 Å². The third-order valence-electron chi connectivity index (χ3n) is 6.13. The van der Waals surface area contributed by atoms with Crippen molar-refractivity contribution in [1.29, 1.82) is 0 Å². The number of benzene rings is 2. The number of carbonyl (C=O) groups excluding carboxylic acids is 2. The van der Waals surface area contributed by atoms with Crippen molar-refractivity contribution in [3.8, 4) is 0 Å². The van der Waals surface area contributed by atoms with Crippen LogP contribution in [-0.4, -0.2) is 74.4 Å². The van der Waals surface area contributed by atoms with Gasteiger partial charge in [-0.05, 0) is 69.5 Å². The summed E-state index contributed by atoms with van der Waals surface area (Å²) in [4.78, 5) is 27.7. The number of sulfonamides is 1. The summed E-state index contributed by atoms with van der Waals surface area (Å²) in [5, 5.41) is -0.925. The van der Waals surface area contributed by atoms with Crippen LogP contribution in [0.4, 0.5) is 14.9 Å². The molecule has 11 heteroatoms. The molecule has 0 aromatic heterocycles. The molecular formula is C27H36FN3O6S. The highest BCUT2D eigenvalue weighted by molar-refractivity contribution is 7.93. The first-order chi connectivity index (χ1) is 17.8. The van der Waals surface area contributed by atoms with Crippen LogP contribution >= 0.6 is 0 Å². The maximum atomic E-state index is 14.5. The van der Waals surface area contributed by atoms with Crippen LogP contribution < -0.4 is 4.72 Å². The Labute approximate surface area is 224 Å². The van der Waals surface area contributed by atoms with Gasteiger partial charge in [-0.15, -0.1) is 0 Å². The molecule has 38 heavy (non-hydrogen) atoms. The van der Waals surface area contributed by atoms with Gasteiger partial charge >= 0.3 is 12.1 Å². The van der Waals surface area contributed by atoms with Crippen LogP contribution in [0.1, 0.15) is 49.2 Å². The Balaban J connectivity index is 1.57. The second kappa shape index (κ2) is 12.1. The zero-order valence-electron chi connectivity index (χ0n) is 22.5. The van der Waals surface area contributed by atoms with Gasteiger partial charge in [-0.2, -0.15) is 0 Å². The summed E-state index contributed by atoms with van der Waals surface area (Å²) in [5.74, 6) is -1.33. The van der Waals surface area contributed by atoms with Gasteiger partial charge in [0.15, 0.2) is 0 Å². The average molecular weight is 550 g/mol. The predicted molar refractivity (Wildman–Crippen MR) is 143 cm³/mol. The summed E-state index contributed by atoms with van der Waals surface area (Å²) in [6.07, 6.45) is -0.383. The first kappa shape index (κ1) is 29.4. The zero-order chi connectivity index (χ0) is 28.1. The molecule has 1 fully saturated rings. The van der Waals surface area contributed by atoms with Crippen molar-refractivity contribution in [2.24, 2.45) is 0 Å². The van der Waals surface area contributed by atoms with E-state index in [0.29, 0.717) is 38.4 Å². The molecule has 1 unspecified atom stereocenters. The van der Waals surface area contributed by atoms with Gasteiger partial charge in [-0.25, -0.2) is 22.4 Å². The number of methoxy groups -OCH3 is 1. The smallest absolute Gasteiger partial charge is 0.410 e. The van der Waals surface area contributed by atoms with Crippen molar-refractivity contribution in [2.45, 2.75) is 51.5 Å². The van der Waals surface area contributed by atoms with Crippen molar-refractivity contribution in [1.82, 2.24) is 9.80 Å². The van der Waals surface area contributed by atoms with Crippen molar-refractivity contribution in [3.63, 3.8) is 0 Å². The minimum absolute atomic E-state index is 0.0606. The molecular weight excluding hydrogens is 513 g/mol. The van der Waals surface area contributed by atoms with Crippen LogP contribution in [0, 0.1) is 5.82 Å². The molecule has 0 spiro atoms. The highest BCUT2D eigenvalue weighted by Gasteiger charge is 2.26. The van der Waals surface area contributed by atoms with Gasteiger partial charge in [0, 0.05) is 38.4 Å². The van der Waals surface area contributed by atoms with Gasteiger partial charge in [-0.1, -0.05) is 18.2 Å². The number of nitrogens with one attached hydrogen (secondary N) is 1. The first-order valence-electron chi connectivity index (χ1n) is 12.4. The van der Waals surface area contributed by atoms with E-state index in [0.717, 1.165) is 11.6 Å². The zero-order valence-corrected chi connectivity index (χ0v) is 23.3. The van der Waals surface area contributed by atoms with Crippen LogP contribution in [0.15, 0.2) is 42.5 Å². The molecule has 0 radical (unpaired) electrons. The molecule has 9 nitrogen and oxygen atoms in total. The number of hydrogen-bond donors (Lipinski definition) is 1. The lowest BCUT2D eigenvalue weighted by molar-refractivity contribution is 0.0139. The lowest BCUT2D eigenvalue weighted by atomic mass is 10.1. The number of piperazine rings is 1. The van der Waals surface area contributed by atoms with Gasteiger partial charge in [0.05, 0.1) is 17.9 Å². The molecule has 0 aliphatic carbocycles. The van der Waals surface area contributed by atoms with Crippen LogP contribution in [0.3, 0.4) is 0 Å². The largest absolute Gasteiger partial charge is 0.465 e. The molecule has 1 amide bonds. The number of anilines is 1. The van der Waals surface area contributed by atoms with Gasteiger partial charge in [0.25, 0.3) is 0 Å². The normalized spacial score (nSPS) is 15.6. The Hall–Kier alpha value is -3.18. The summed E-state index contributed by atoms with van der Waals surface area (Å²) in [6.45, 7) is 10.1. The number of amides is 1. The molecule has 3 rings (SSSR count). The fourth-order valence-corrected chi connectivity index (χ4v) is 5.10. The highest BCUT2D eigenvalue weighted by Crippen LogP contribution is 2.20. The lowest BCUT2D eigenvalue weighted by Crippen LogP contribution is -2.49. The Kier molecular flexibility index (Phi) is 9.37. The maximum absolute atomic E-state index is 14.5. The molecule has 1 atom stereocenters. The second-order valence-corrected chi connectivity index (χ2v) is 12.5. The molecule has 1 N–H and O–H groups in total. The average Bonchev–Trinajstić information content (AvgIpc) is 2.84. The summed E-state index contributed by atoms with van der Waals surface area (Å²) >= 11 is 0. The first-order valence-corrected chi connectivity index (χ1v) is 14.0. The lowest BCUT2D eigenvalue weighted by Gasteiger charge is -2.35. The standard InChI is InChI=1S/C27H36FN3O6S/c1-19(15-21-9-10-22(17-24(21)28)25(32)36-5)38(34,35)29-23-8-6-7-20(16-23)18-30-11-13-31(14-12-30)26(33)37-27(2,3)4/h6-10,16-17,19,29H,11-15,18H2,1-5H3. The molecule has 1 aliphatic heterocycles. The van der Waals surface area contributed by atoms with Crippen LogP contribution in [-0.2, 0) is 32.5 Å². The monoisotopic (exact) mass is 549 g/mol. The SMILES string of the molecule is COC(=O)c1ccc(CC(C)S(=O)(=O)Nc2cccc(CN3CCN(C(=O)OC(C)(C)C)CC3)c2)c(F)c1. The van der Waals surface area contributed by atoms with E-state index in [1.165, 1.54) is 26.2 Å². The Morgan fingerprint density at radius 3 is 2.37 bits per heavy atom. The number of esters is 1. The van der Waals surface area contributed by atoms with Crippen molar-refractivity contribution in [2.75, 3.05) is 38.0 Å². The summed E-state index contributed by atoms with van der Waals surface area (Å²) < 4.78 is 53.1. The van der Waals surface area contributed by atoms with Crippen molar-refractivity contribution < 1.29 is 31.9 Å². The third kappa shape index (κ3) is 8.16. The number of carbonyl (C=O) groups is 2. The van der Waals surface area contributed by atoms with Crippen molar-refractivity contribution >= 4 is 27.8 Å². The number of halogens is 1. The van der Waals surface area contributed by atoms with E-state index in [-0.39, 0.29) is 23.6 Å². The number of nitrogens with zero attached hydrogens (tertiary/aromatic N) is 2. The minimum atomic E-state index is -3.82. The molecule has 0 saturated carbocycles. The minimum Gasteiger partial charge on any atom is -0.465 e. The Morgan fingerprint density at radius 2 is 1.76 bits per heavy atom. The molecule has 1 aliphatic rings. The van der Waals surface area contributed by atoms with E-state index >= 15 is 0 Å². The Bertz CT molecular complexity index is 1250. The van der Waals surface area contributed by atoms with Crippen molar-refractivity contribution in [3.05, 3.63) is 65.0 Å². The molecule has 2 aromatic carbocycles. The maximum Gasteiger partial charge on any atom is 0.410 e. The van der Waals surface area contributed by atoms with Gasteiger partial charge in [0.1, 0.15) is 11.4 Å². The molecule has 2 aromatic rings. The van der Waals surface area contributed by atoms with E-state index < -0.39 is 32.7 Å². The van der Waals surface area contributed by atoms with E-state index in [1.54, 1.807) is 23.1 Å². The quantitative estimate of drug-likeness (QED) is 0.496. The fraction of sp³-hybridized carbons (Fsp3) is 0.481. The van der Waals surface area contributed by atoms with E-state index in [1.807, 2.05) is 26.8 Å². The van der Waals surface area contributed by atoms with Crippen LogP contribution in [0.2, 0.25) is 0 Å². The van der Waals surface area contributed by atoms with Gasteiger partial charge in [0.2, 0.25) is 10.0 Å². The summed E-state index contributed by atoms with van der Waals surface area (Å²) in [6, 6.07) is 11.0. The number of rotatable bonds is 8. The summed E-state index contributed by atoms with van der Waals surface area (Å²) in [7, 11) is -2.62.